The van der Waals surface area contributed by atoms with Crippen molar-refractivity contribution in [3.8, 4) is 16.8 Å². The van der Waals surface area contributed by atoms with Crippen molar-refractivity contribution in [2.45, 2.75) is 11.3 Å². The van der Waals surface area contributed by atoms with Crippen molar-refractivity contribution in [2.24, 2.45) is 0 Å². The maximum absolute atomic E-state index is 13.7. The van der Waals surface area contributed by atoms with Gasteiger partial charge in [-0.1, -0.05) is 24.3 Å². The minimum Gasteiger partial charge on any atom is -0.267 e. The van der Waals surface area contributed by atoms with Crippen molar-refractivity contribution in [1.82, 2.24) is 9.78 Å². The minimum atomic E-state index is -0.391. The second-order valence-electron chi connectivity index (χ2n) is 6.77. The molecule has 0 aliphatic rings. The summed E-state index contributed by atoms with van der Waals surface area (Å²) < 4.78 is 28.3. The van der Waals surface area contributed by atoms with Gasteiger partial charge in [-0.2, -0.15) is 9.78 Å². The third-order valence-electron chi connectivity index (χ3n) is 4.82. The van der Waals surface area contributed by atoms with Crippen molar-refractivity contribution in [2.75, 3.05) is 6.26 Å². The van der Waals surface area contributed by atoms with Crippen molar-refractivity contribution < 1.29 is 8.78 Å². The van der Waals surface area contributed by atoms with Gasteiger partial charge in [-0.25, -0.2) is 8.78 Å². The molecule has 0 aliphatic carbocycles. The third kappa shape index (κ3) is 4.19. The second kappa shape index (κ2) is 8.63. The molecule has 6 heteroatoms. The van der Waals surface area contributed by atoms with Crippen molar-refractivity contribution in [3.05, 3.63) is 112 Å². The monoisotopic (exact) mass is 420 g/mol. The molecule has 4 rings (SSSR count). The Hall–Kier alpha value is -3.25. The molecule has 0 atom stereocenters. The van der Waals surface area contributed by atoms with Gasteiger partial charge in [-0.15, -0.1) is 11.8 Å². The molecule has 0 spiro atoms. The predicted octanol–water partition coefficient (Wildman–Crippen LogP) is 5.49. The lowest BCUT2D eigenvalue weighted by Gasteiger charge is -2.13. The topological polar surface area (TPSA) is 34.9 Å². The van der Waals surface area contributed by atoms with Gasteiger partial charge in [0.25, 0.3) is 5.56 Å². The van der Waals surface area contributed by atoms with Crippen LogP contribution in [0.15, 0.2) is 88.7 Å². The molecule has 3 nitrogen and oxygen atoms in total. The molecular formula is C24H18F2N2OS. The van der Waals surface area contributed by atoms with Crippen LogP contribution in [0, 0.1) is 11.6 Å². The molecule has 0 amide bonds. The molecule has 0 saturated carbocycles. The summed E-state index contributed by atoms with van der Waals surface area (Å²) in [7, 11) is 0. The zero-order chi connectivity index (χ0) is 21.1. The van der Waals surface area contributed by atoms with Gasteiger partial charge in [-0.05, 0) is 65.9 Å². The van der Waals surface area contributed by atoms with E-state index >= 15 is 0 Å². The average molecular weight is 420 g/mol. The molecule has 1 aromatic heterocycles. The van der Waals surface area contributed by atoms with Crippen LogP contribution >= 0.6 is 11.8 Å². The maximum atomic E-state index is 13.7. The number of benzene rings is 3. The molecule has 150 valence electrons. The van der Waals surface area contributed by atoms with Crippen LogP contribution in [0.4, 0.5) is 8.78 Å². The van der Waals surface area contributed by atoms with Crippen LogP contribution in [0.1, 0.15) is 11.1 Å². The maximum Gasteiger partial charge on any atom is 0.275 e. The molecule has 3 aromatic carbocycles. The lowest BCUT2D eigenvalue weighted by molar-refractivity contribution is 0.626. The third-order valence-corrected chi connectivity index (χ3v) is 5.56. The van der Waals surface area contributed by atoms with Crippen LogP contribution in [-0.2, 0) is 6.42 Å². The quantitative estimate of drug-likeness (QED) is 0.401. The van der Waals surface area contributed by atoms with E-state index in [9.17, 15) is 13.6 Å². The number of aromatic nitrogens is 2. The van der Waals surface area contributed by atoms with Gasteiger partial charge in [0.2, 0.25) is 0 Å². The summed E-state index contributed by atoms with van der Waals surface area (Å²) in [6, 6.07) is 19.6. The molecule has 0 bridgehead atoms. The number of nitrogens with zero attached hydrogens (tertiary/aromatic N) is 2. The zero-order valence-corrected chi connectivity index (χ0v) is 17.0. The molecule has 0 radical (unpaired) electrons. The van der Waals surface area contributed by atoms with Gasteiger partial charge in [0.1, 0.15) is 11.6 Å². The van der Waals surface area contributed by atoms with Crippen LogP contribution in [0.5, 0.6) is 0 Å². The Labute approximate surface area is 177 Å². The van der Waals surface area contributed by atoms with Gasteiger partial charge in [0, 0.05) is 22.4 Å². The van der Waals surface area contributed by atoms with Crippen molar-refractivity contribution in [3.63, 3.8) is 0 Å². The van der Waals surface area contributed by atoms with E-state index in [1.807, 2.05) is 30.5 Å². The number of halogens is 2. The van der Waals surface area contributed by atoms with Crippen molar-refractivity contribution >= 4 is 11.8 Å². The largest absolute Gasteiger partial charge is 0.275 e. The van der Waals surface area contributed by atoms with E-state index in [1.165, 1.54) is 41.1 Å². The minimum absolute atomic E-state index is 0.250. The van der Waals surface area contributed by atoms with Gasteiger partial charge >= 0.3 is 0 Å². The number of thioether (sulfide) groups is 1. The average Bonchev–Trinajstić information content (AvgIpc) is 2.76. The smallest absolute Gasteiger partial charge is 0.267 e. The van der Waals surface area contributed by atoms with E-state index in [-0.39, 0.29) is 17.8 Å². The highest BCUT2D eigenvalue weighted by Crippen LogP contribution is 2.26. The highest BCUT2D eigenvalue weighted by molar-refractivity contribution is 7.98. The van der Waals surface area contributed by atoms with Gasteiger partial charge in [-0.3, -0.25) is 4.79 Å². The van der Waals surface area contributed by atoms with Crippen LogP contribution in [0.25, 0.3) is 16.8 Å². The summed E-state index contributed by atoms with van der Waals surface area (Å²) in [6.07, 6.45) is 3.88. The molecule has 30 heavy (non-hydrogen) atoms. The molecule has 0 fully saturated rings. The predicted molar refractivity (Wildman–Crippen MR) is 116 cm³/mol. The Kier molecular flexibility index (Phi) is 5.77. The first-order chi connectivity index (χ1) is 14.5. The lowest BCUT2D eigenvalue weighted by atomic mass is 9.97. The van der Waals surface area contributed by atoms with Crippen LogP contribution in [0.2, 0.25) is 0 Å². The number of rotatable bonds is 5. The van der Waals surface area contributed by atoms with Gasteiger partial charge < -0.3 is 0 Å². The Morgan fingerprint density at radius 1 is 0.933 bits per heavy atom. The molecule has 1 heterocycles. The fourth-order valence-corrected chi connectivity index (χ4v) is 3.70. The summed E-state index contributed by atoms with van der Waals surface area (Å²) in [5.41, 5.74) is 2.87. The molecule has 0 saturated heterocycles. The van der Waals surface area contributed by atoms with Crippen LogP contribution in [-0.4, -0.2) is 16.0 Å². The lowest BCUT2D eigenvalue weighted by Crippen LogP contribution is -2.25. The zero-order valence-electron chi connectivity index (χ0n) is 16.2. The fourth-order valence-electron chi connectivity index (χ4n) is 3.30. The summed E-state index contributed by atoms with van der Waals surface area (Å²) in [5, 5.41) is 4.32. The first kappa shape index (κ1) is 20.0. The molecular weight excluding hydrogens is 402 g/mol. The normalized spacial score (nSPS) is 10.9. The molecule has 0 aliphatic heterocycles. The highest BCUT2D eigenvalue weighted by Gasteiger charge is 2.15. The Morgan fingerprint density at radius 2 is 1.67 bits per heavy atom. The van der Waals surface area contributed by atoms with E-state index in [4.69, 9.17) is 0 Å². The Morgan fingerprint density at radius 3 is 2.33 bits per heavy atom. The SMILES string of the molecule is CSc1ccc(-c2cnn(-c3ccc(F)cc3)c(=O)c2Cc2cccc(F)c2)cc1. The van der Waals surface area contributed by atoms with E-state index in [0.717, 1.165) is 10.5 Å². The van der Waals surface area contributed by atoms with E-state index in [0.29, 0.717) is 22.4 Å². The van der Waals surface area contributed by atoms with Crippen LogP contribution in [0.3, 0.4) is 0 Å². The summed E-state index contributed by atoms with van der Waals surface area (Å²) >= 11 is 1.63. The molecule has 0 N–H and O–H groups in total. The summed E-state index contributed by atoms with van der Waals surface area (Å²) in [6.45, 7) is 0. The number of hydrogen-bond donors (Lipinski definition) is 0. The Balaban J connectivity index is 1.87. The fraction of sp³-hybridized carbons (Fsp3) is 0.0833. The summed E-state index contributed by atoms with van der Waals surface area (Å²) in [4.78, 5) is 14.5. The van der Waals surface area contributed by atoms with Gasteiger partial charge in [0.05, 0.1) is 11.9 Å². The molecule has 4 aromatic rings. The standard InChI is InChI=1S/C24H18F2N2OS/c1-30-21-11-5-17(6-12-21)23-15-27-28(20-9-7-18(25)8-10-20)24(29)22(23)14-16-3-2-4-19(26)13-16/h2-13,15H,14H2,1H3. The summed E-state index contributed by atoms with van der Waals surface area (Å²) in [5.74, 6) is -0.747. The van der Waals surface area contributed by atoms with Gasteiger partial charge in [0.15, 0.2) is 0 Å². The van der Waals surface area contributed by atoms with E-state index in [1.54, 1.807) is 30.1 Å². The van der Waals surface area contributed by atoms with E-state index < -0.39 is 5.82 Å². The second-order valence-corrected chi connectivity index (χ2v) is 7.65. The highest BCUT2D eigenvalue weighted by atomic mass is 32.2. The molecule has 0 unspecified atom stereocenters. The number of hydrogen-bond acceptors (Lipinski definition) is 3. The van der Waals surface area contributed by atoms with E-state index in [2.05, 4.69) is 5.10 Å². The van der Waals surface area contributed by atoms with Crippen LogP contribution < -0.4 is 5.56 Å². The first-order valence-electron chi connectivity index (χ1n) is 9.31. The first-order valence-corrected chi connectivity index (χ1v) is 10.5. The Bertz CT molecular complexity index is 1240. The van der Waals surface area contributed by atoms with Crippen molar-refractivity contribution in [1.29, 1.82) is 0 Å².